The zero-order chi connectivity index (χ0) is 11.8. The van der Waals surface area contributed by atoms with Crippen molar-refractivity contribution in [1.29, 1.82) is 0 Å². The van der Waals surface area contributed by atoms with E-state index in [4.69, 9.17) is 0 Å². The number of aryl methyl sites for hydroxylation is 1. The fourth-order valence-corrected chi connectivity index (χ4v) is 2.81. The van der Waals surface area contributed by atoms with Gasteiger partial charge in [-0.3, -0.25) is 0 Å². The number of aromatic hydroxyl groups is 1. The number of rotatable bonds is 1. The molecule has 0 unspecified atom stereocenters. The number of fused-ring (bicyclic) bond motifs is 1. The highest BCUT2D eigenvalue weighted by molar-refractivity contribution is 7.21. The quantitative estimate of drug-likeness (QED) is 0.699. The third kappa shape index (κ3) is 1.78. The second-order valence-corrected chi connectivity index (χ2v) is 5.04. The zero-order valence-corrected chi connectivity index (χ0v) is 10.2. The minimum Gasteiger partial charge on any atom is -0.507 e. The average molecular weight is 241 g/mol. The molecule has 0 saturated heterocycles. The molecule has 0 radical (unpaired) electrons. The molecule has 0 atom stereocenters. The summed E-state index contributed by atoms with van der Waals surface area (Å²) in [7, 11) is 0. The van der Waals surface area contributed by atoms with Crippen molar-refractivity contribution in [1.82, 2.24) is 4.98 Å². The van der Waals surface area contributed by atoms with Crippen LogP contribution in [0.2, 0.25) is 0 Å². The Labute approximate surface area is 103 Å². The van der Waals surface area contributed by atoms with E-state index in [0.29, 0.717) is 5.75 Å². The lowest BCUT2D eigenvalue weighted by molar-refractivity contribution is 0.477. The summed E-state index contributed by atoms with van der Waals surface area (Å²) < 4.78 is 1.14. The van der Waals surface area contributed by atoms with Gasteiger partial charge >= 0.3 is 0 Å². The SMILES string of the molecule is Cc1ccc(-c2nc3ccccc3s2)c(O)c1. The molecule has 0 amide bonds. The highest BCUT2D eigenvalue weighted by atomic mass is 32.1. The predicted molar refractivity (Wildman–Crippen MR) is 71.5 cm³/mol. The Bertz CT molecular complexity index is 655. The molecule has 2 aromatic carbocycles. The van der Waals surface area contributed by atoms with Gasteiger partial charge in [-0.2, -0.15) is 0 Å². The molecule has 0 aliphatic carbocycles. The van der Waals surface area contributed by atoms with Crippen LogP contribution in [0.3, 0.4) is 0 Å². The molecule has 0 fully saturated rings. The Hall–Kier alpha value is -1.87. The van der Waals surface area contributed by atoms with Crippen LogP contribution in [0.5, 0.6) is 5.75 Å². The Morgan fingerprint density at radius 2 is 1.94 bits per heavy atom. The molecule has 1 heterocycles. The third-order valence-corrected chi connectivity index (χ3v) is 3.75. The number of para-hydroxylation sites is 1. The Balaban J connectivity index is 2.20. The lowest BCUT2D eigenvalue weighted by atomic mass is 10.1. The van der Waals surface area contributed by atoms with Gasteiger partial charge in [0.1, 0.15) is 10.8 Å². The highest BCUT2D eigenvalue weighted by Crippen LogP contribution is 2.35. The van der Waals surface area contributed by atoms with E-state index in [1.54, 1.807) is 17.4 Å². The largest absolute Gasteiger partial charge is 0.507 e. The minimum atomic E-state index is 0.295. The molecule has 2 nitrogen and oxygen atoms in total. The summed E-state index contributed by atoms with van der Waals surface area (Å²) in [5, 5.41) is 10.8. The van der Waals surface area contributed by atoms with Gasteiger partial charge in [-0.15, -0.1) is 11.3 Å². The fraction of sp³-hybridized carbons (Fsp3) is 0.0714. The maximum atomic E-state index is 9.94. The van der Waals surface area contributed by atoms with Crippen LogP contribution in [0.25, 0.3) is 20.8 Å². The molecule has 17 heavy (non-hydrogen) atoms. The average Bonchev–Trinajstić information content (AvgIpc) is 2.72. The molecule has 1 N–H and O–H groups in total. The van der Waals surface area contributed by atoms with Crippen molar-refractivity contribution in [3.05, 3.63) is 48.0 Å². The number of nitrogens with zero attached hydrogens (tertiary/aromatic N) is 1. The van der Waals surface area contributed by atoms with Crippen LogP contribution < -0.4 is 0 Å². The number of hydrogen-bond acceptors (Lipinski definition) is 3. The minimum absolute atomic E-state index is 0.295. The van der Waals surface area contributed by atoms with Crippen molar-refractivity contribution in [2.75, 3.05) is 0 Å². The summed E-state index contributed by atoms with van der Waals surface area (Å²) >= 11 is 1.60. The van der Waals surface area contributed by atoms with E-state index < -0.39 is 0 Å². The summed E-state index contributed by atoms with van der Waals surface area (Å²) in [4.78, 5) is 4.53. The predicted octanol–water partition coefficient (Wildman–Crippen LogP) is 3.98. The first-order valence-corrected chi connectivity index (χ1v) is 6.21. The molecular weight excluding hydrogens is 230 g/mol. The van der Waals surface area contributed by atoms with Gasteiger partial charge in [0.05, 0.1) is 15.8 Å². The van der Waals surface area contributed by atoms with E-state index in [-0.39, 0.29) is 0 Å². The summed E-state index contributed by atoms with van der Waals surface area (Å²) in [5.41, 5.74) is 2.83. The third-order valence-electron chi connectivity index (χ3n) is 2.68. The smallest absolute Gasteiger partial charge is 0.128 e. The van der Waals surface area contributed by atoms with Gasteiger partial charge in [-0.25, -0.2) is 4.98 Å². The summed E-state index contributed by atoms with van der Waals surface area (Å²) in [5.74, 6) is 0.295. The standard InChI is InChI=1S/C14H11NOS/c1-9-6-7-10(12(16)8-9)14-15-11-4-2-3-5-13(11)17-14/h2-8,16H,1H3. The van der Waals surface area contributed by atoms with E-state index in [1.165, 1.54) is 0 Å². The molecule has 0 spiro atoms. The number of aromatic nitrogens is 1. The maximum absolute atomic E-state index is 9.94. The molecule has 0 aliphatic rings. The van der Waals surface area contributed by atoms with Crippen LogP contribution in [0.1, 0.15) is 5.56 Å². The Morgan fingerprint density at radius 3 is 2.71 bits per heavy atom. The topological polar surface area (TPSA) is 33.1 Å². The van der Waals surface area contributed by atoms with Crippen LogP contribution in [-0.4, -0.2) is 10.1 Å². The first-order valence-electron chi connectivity index (χ1n) is 5.39. The molecular formula is C14H11NOS. The number of phenolic OH excluding ortho intramolecular Hbond substituents is 1. The fourth-order valence-electron chi connectivity index (χ4n) is 1.81. The van der Waals surface area contributed by atoms with Crippen LogP contribution in [0.4, 0.5) is 0 Å². The van der Waals surface area contributed by atoms with E-state index in [2.05, 4.69) is 4.98 Å². The van der Waals surface area contributed by atoms with E-state index >= 15 is 0 Å². The molecule has 3 heteroatoms. The van der Waals surface area contributed by atoms with Crippen molar-refractivity contribution in [3.63, 3.8) is 0 Å². The monoisotopic (exact) mass is 241 g/mol. The van der Waals surface area contributed by atoms with Crippen LogP contribution in [-0.2, 0) is 0 Å². The normalized spacial score (nSPS) is 10.9. The van der Waals surface area contributed by atoms with Crippen LogP contribution >= 0.6 is 11.3 Å². The van der Waals surface area contributed by atoms with E-state index in [0.717, 1.165) is 26.4 Å². The van der Waals surface area contributed by atoms with Gasteiger partial charge in [0, 0.05) is 0 Å². The summed E-state index contributed by atoms with van der Waals surface area (Å²) in [6.07, 6.45) is 0. The van der Waals surface area contributed by atoms with Crippen molar-refractivity contribution in [2.45, 2.75) is 6.92 Å². The van der Waals surface area contributed by atoms with Crippen molar-refractivity contribution < 1.29 is 5.11 Å². The van der Waals surface area contributed by atoms with Crippen LogP contribution in [0.15, 0.2) is 42.5 Å². The molecule has 0 saturated carbocycles. The Morgan fingerprint density at radius 1 is 1.12 bits per heavy atom. The van der Waals surface area contributed by atoms with Crippen molar-refractivity contribution in [2.24, 2.45) is 0 Å². The lowest BCUT2D eigenvalue weighted by Gasteiger charge is -2.01. The maximum Gasteiger partial charge on any atom is 0.128 e. The summed E-state index contributed by atoms with van der Waals surface area (Å²) in [6.45, 7) is 1.96. The zero-order valence-electron chi connectivity index (χ0n) is 9.34. The second kappa shape index (κ2) is 3.86. The van der Waals surface area contributed by atoms with Crippen molar-refractivity contribution in [3.8, 4) is 16.3 Å². The van der Waals surface area contributed by atoms with Gasteiger partial charge in [0.15, 0.2) is 0 Å². The van der Waals surface area contributed by atoms with E-state index in [9.17, 15) is 5.11 Å². The van der Waals surface area contributed by atoms with Gasteiger partial charge in [-0.1, -0.05) is 18.2 Å². The number of benzene rings is 2. The molecule has 3 aromatic rings. The Kier molecular flexibility index (Phi) is 2.34. The van der Waals surface area contributed by atoms with Crippen LogP contribution in [0, 0.1) is 6.92 Å². The van der Waals surface area contributed by atoms with Gasteiger partial charge in [0.2, 0.25) is 0 Å². The number of thiazole rings is 1. The molecule has 84 valence electrons. The molecule has 3 rings (SSSR count). The second-order valence-electron chi connectivity index (χ2n) is 4.01. The lowest BCUT2D eigenvalue weighted by Crippen LogP contribution is -1.79. The summed E-state index contributed by atoms with van der Waals surface area (Å²) in [6, 6.07) is 13.7. The van der Waals surface area contributed by atoms with Crippen molar-refractivity contribution >= 4 is 21.6 Å². The number of hydrogen-bond donors (Lipinski definition) is 1. The van der Waals surface area contributed by atoms with Gasteiger partial charge < -0.3 is 5.11 Å². The first kappa shape index (κ1) is 10.3. The number of phenols is 1. The van der Waals surface area contributed by atoms with Gasteiger partial charge in [0.25, 0.3) is 0 Å². The van der Waals surface area contributed by atoms with Gasteiger partial charge in [-0.05, 0) is 36.8 Å². The van der Waals surface area contributed by atoms with E-state index in [1.807, 2.05) is 43.3 Å². The first-order chi connectivity index (χ1) is 8.24. The molecule has 0 bridgehead atoms. The molecule has 1 aromatic heterocycles. The molecule has 0 aliphatic heterocycles. The highest BCUT2D eigenvalue weighted by Gasteiger charge is 2.09.